The molecule has 2 aromatic heterocycles. The van der Waals surface area contributed by atoms with Crippen molar-refractivity contribution in [3.05, 3.63) is 204 Å². The highest BCUT2D eigenvalue weighted by molar-refractivity contribution is 6.22. The van der Waals surface area contributed by atoms with Gasteiger partial charge in [0.2, 0.25) is 0 Å². The lowest BCUT2D eigenvalue weighted by atomic mass is 9.70. The number of rotatable bonds is 2. The highest BCUT2D eigenvalue weighted by Crippen LogP contribution is 2.63. The molecular formula is C53H30N2O. The SMILES string of the molecule is c1ccc2c(c1)-c1ccccc1C21c2ccccc2-c2ccc(-c3nc(-c4cccc5ccccc45)c4ccc5oc6cc7ccccc7cc6c5c4n3)cc21. The second kappa shape index (κ2) is 10.9. The zero-order chi connectivity index (χ0) is 36.5. The molecule has 2 aliphatic carbocycles. The minimum absolute atomic E-state index is 0.459. The fourth-order valence-corrected chi connectivity index (χ4v) is 10.1. The molecule has 9 aromatic carbocycles. The van der Waals surface area contributed by atoms with E-state index in [-0.39, 0.29) is 0 Å². The van der Waals surface area contributed by atoms with Crippen molar-refractivity contribution in [1.29, 1.82) is 0 Å². The Morgan fingerprint density at radius 3 is 1.70 bits per heavy atom. The molecule has 56 heavy (non-hydrogen) atoms. The maximum Gasteiger partial charge on any atom is 0.160 e. The van der Waals surface area contributed by atoms with Crippen LogP contribution in [0.1, 0.15) is 22.3 Å². The lowest BCUT2D eigenvalue weighted by Gasteiger charge is -2.30. The summed E-state index contributed by atoms with van der Waals surface area (Å²) in [6, 6.07) is 65.9. The molecule has 0 N–H and O–H groups in total. The van der Waals surface area contributed by atoms with Gasteiger partial charge in [-0.05, 0) is 96.4 Å². The number of hydrogen-bond donors (Lipinski definition) is 0. The first-order chi connectivity index (χ1) is 27.8. The normalized spacial score (nSPS) is 13.5. The summed E-state index contributed by atoms with van der Waals surface area (Å²) in [5.41, 5.74) is 15.4. The summed E-state index contributed by atoms with van der Waals surface area (Å²) in [5, 5.41) is 7.72. The van der Waals surface area contributed by atoms with E-state index in [0.29, 0.717) is 5.82 Å². The fourth-order valence-electron chi connectivity index (χ4n) is 10.1. The summed E-state index contributed by atoms with van der Waals surface area (Å²) < 4.78 is 6.60. The van der Waals surface area contributed by atoms with Crippen molar-refractivity contribution >= 4 is 54.4 Å². The van der Waals surface area contributed by atoms with Gasteiger partial charge in [-0.3, -0.25) is 0 Å². The molecule has 0 radical (unpaired) electrons. The lowest BCUT2D eigenvalue weighted by Crippen LogP contribution is -2.25. The molecule has 0 saturated heterocycles. The van der Waals surface area contributed by atoms with Gasteiger partial charge in [-0.1, -0.05) is 152 Å². The van der Waals surface area contributed by atoms with E-state index in [2.05, 4.69) is 182 Å². The highest BCUT2D eigenvalue weighted by atomic mass is 16.3. The van der Waals surface area contributed by atoms with Crippen LogP contribution in [0.25, 0.3) is 99.3 Å². The van der Waals surface area contributed by atoms with Crippen molar-refractivity contribution in [3.8, 4) is 44.9 Å². The van der Waals surface area contributed by atoms with E-state index in [1.165, 1.54) is 55.3 Å². The molecule has 0 fully saturated rings. The van der Waals surface area contributed by atoms with Crippen molar-refractivity contribution < 1.29 is 4.42 Å². The third kappa shape index (κ3) is 3.81. The van der Waals surface area contributed by atoms with Crippen LogP contribution >= 0.6 is 0 Å². The predicted molar refractivity (Wildman–Crippen MR) is 229 cm³/mol. The van der Waals surface area contributed by atoms with Crippen molar-refractivity contribution in [2.24, 2.45) is 0 Å². The molecule has 2 heterocycles. The van der Waals surface area contributed by atoms with Gasteiger partial charge < -0.3 is 4.42 Å². The summed E-state index contributed by atoms with van der Waals surface area (Å²) in [5.74, 6) is 0.691. The van der Waals surface area contributed by atoms with Crippen LogP contribution in [-0.4, -0.2) is 9.97 Å². The number of hydrogen-bond acceptors (Lipinski definition) is 3. The summed E-state index contributed by atoms with van der Waals surface area (Å²) in [6.07, 6.45) is 0. The second-order valence-corrected chi connectivity index (χ2v) is 15.2. The summed E-state index contributed by atoms with van der Waals surface area (Å²) in [6.45, 7) is 0. The van der Waals surface area contributed by atoms with Gasteiger partial charge in [0, 0.05) is 21.9 Å². The standard InChI is InChI=1S/C53H30N2O/c1-2-14-33-30-48-42(28-32(33)13-1)49-47(56-48)27-26-41-50(40-20-11-15-31-12-3-4-16-35(31)40)54-52(55-51(41)49)34-24-25-39-38-19-7-10-23-45(38)53(46(39)29-34)43-21-8-5-17-36(43)37-18-6-9-22-44(37)53/h1-30H. The Morgan fingerprint density at radius 2 is 0.964 bits per heavy atom. The summed E-state index contributed by atoms with van der Waals surface area (Å²) >= 11 is 0. The van der Waals surface area contributed by atoms with Gasteiger partial charge in [0.1, 0.15) is 11.2 Å². The van der Waals surface area contributed by atoms with E-state index in [9.17, 15) is 0 Å². The van der Waals surface area contributed by atoms with E-state index in [1.54, 1.807) is 0 Å². The minimum Gasteiger partial charge on any atom is -0.456 e. The first-order valence-electron chi connectivity index (χ1n) is 19.2. The molecule has 3 heteroatoms. The number of benzene rings is 9. The Hall–Kier alpha value is -7.36. The first-order valence-corrected chi connectivity index (χ1v) is 19.2. The maximum atomic E-state index is 6.60. The van der Waals surface area contributed by atoms with E-state index in [4.69, 9.17) is 14.4 Å². The minimum atomic E-state index is -0.459. The Bertz CT molecular complexity index is 3430. The average Bonchev–Trinajstić information content (AvgIpc) is 3.88. The van der Waals surface area contributed by atoms with Crippen LogP contribution in [-0.2, 0) is 5.41 Å². The van der Waals surface area contributed by atoms with Gasteiger partial charge in [-0.25, -0.2) is 9.97 Å². The molecule has 258 valence electrons. The number of furan rings is 1. The molecule has 11 aromatic rings. The van der Waals surface area contributed by atoms with E-state index in [1.807, 2.05) is 0 Å². The fraction of sp³-hybridized carbons (Fsp3) is 0.0189. The van der Waals surface area contributed by atoms with Crippen LogP contribution in [0.4, 0.5) is 0 Å². The lowest BCUT2D eigenvalue weighted by molar-refractivity contribution is 0.669. The Balaban J connectivity index is 1.14. The molecule has 0 aliphatic heterocycles. The molecule has 3 nitrogen and oxygen atoms in total. The number of nitrogens with zero attached hydrogens (tertiary/aromatic N) is 2. The van der Waals surface area contributed by atoms with Gasteiger partial charge in [0.05, 0.1) is 22.0 Å². The van der Waals surface area contributed by atoms with Crippen LogP contribution in [0.15, 0.2) is 186 Å². The topological polar surface area (TPSA) is 38.9 Å². The van der Waals surface area contributed by atoms with Crippen LogP contribution in [0.2, 0.25) is 0 Å². The van der Waals surface area contributed by atoms with Gasteiger partial charge in [0.15, 0.2) is 5.82 Å². The molecule has 1 spiro atoms. The van der Waals surface area contributed by atoms with Crippen LogP contribution in [0, 0.1) is 0 Å². The largest absolute Gasteiger partial charge is 0.456 e. The van der Waals surface area contributed by atoms with Crippen LogP contribution in [0.3, 0.4) is 0 Å². The quantitative estimate of drug-likeness (QED) is 0.179. The van der Waals surface area contributed by atoms with Gasteiger partial charge >= 0.3 is 0 Å². The first kappa shape index (κ1) is 30.0. The molecule has 13 rings (SSSR count). The number of fused-ring (bicyclic) bond motifs is 17. The molecule has 0 amide bonds. The van der Waals surface area contributed by atoms with Crippen molar-refractivity contribution in [2.75, 3.05) is 0 Å². The maximum absolute atomic E-state index is 6.60. The smallest absolute Gasteiger partial charge is 0.160 e. The molecule has 0 unspecified atom stereocenters. The van der Waals surface area contributed by atoms with Crippen molar-refractivity contribution in [2.45, 2.75) is 5.41 Å². The van der Waals surface area contributed by atoms with Gasteiger partial charge in [-0.2, -0.15) is 0 Å². The molecule has 0 saturated carbocycles. The molecular weight excluding hydrogens is 681 g/mol. The monoisotopic (exact) mass is 710 g/mol. The molecule has 0 bridgehead atoms. The summed E-state index contributed by atoms with van der Waals surface area (Å²) in [4.78, 5) is 11.1. The Kier molecular flexibility index (Phi) is 5.83. The zero-order valence-electron chi connectivity index (χ0n) is 30.1. The van der Waals surface area contributed by atoms with Crippen molar-refractivity contribution in [3.63, 3.8) is 0 Å². The van der Waals surface area contributed by atoms with E-state index in [0.717, 1.165) is 60.4 Å². The third-order valence-electron chi connectivity index (χ3n) is 12.5. The highest BCUT2D eigenvalue weighted by Gasteiger charge is 2.51. The molecule has 2 aliphatic rings. The van der Waals surface area contributed by atoms with E-state index >= 15 is 0 Å². The summed E-state index contributed by atoms with van der Waals surface area (Å²) in [7, 11) is 0. The van der Waals surface area contributed by atoms with Gasteiger partial charge in [-0.15, -0.1) is 0 Å². The Labute approximate surface area is 322 Å². The molecule has 0 atom stereocenters. The Morgan fingerprint density at radius 1 is 0.375 bits per heavy atom. The second-order valence-electron chi connectivity index (χ2n) is 15.2. The van der Waals surface area contributed by atoms with Crippen molar-refractivity contribution in [1.82, 2.24) is 9.97 Å². The predicted octanol–water partition coefficient (Wildman–Crippen LogP) is 13.5. The van der Waals surface area contributed by atoms with Gasteiger partial charge in [0.25, 0.3) is 0 Å². The van der Waals surface area contributed by atoms with Crippen LogP contribution < -0.4 is 0 Å². The zero-order valence-corrected chi connectivity index (χ0v) is 30.1. The van der Waals surface area contributed by atoms with Crippen LogP contribution in [0.5, 0.6) is 0 Å². The van der Waals surface area contributed by atoms with E-state index < -0.39 is 5.41 Å². The third-order valence-corrected chi connectivity index (χ3v) is 12.5. The average molecular weight is 711 g/mol. The number of aromatic nitrogens is 2.